The zero-order valence-electron chi connectivity index (χ0n) is 25.8. The monoisotopic (exact) mass is 534 g/mol. The fourth-order valence-electron chi connectivity index (χ4n) is 13.1. The van der Waals surface area contributed by atoms with Gasteiger partial charge in [0.15, 0.2) is 0 Å². The number of fused-ring (bicyclic) bond motifs is 7. The largest absolute Gasteiger partial charge is 0.508 e. The second kappa shape index (κ2) is 7.99. The summed E-state index contributed by atoms with van der Waals surface area (Å²) in [6.07, 6.45) is 15.3. The molecule has 1 saturated heterocycles. The lowest BCUT2D eigenvalue weighted by Crippen LogP contribution is -2.52. The van der Waals surface area contributed by atoms with Gasteiger partial charge in [0.1, 0.15) is 11.5 Å². The van der Waals surface area contributed by atoms with Crippen LogP contribution in [0.4, 0.5) is 0 Å². The minimum atomic E-state index is -0.0391. The fourth-order valence-corrected chi connectivity index (χ4v) is 13.1. The summed E-state index contributed by atoms with van der Waals surface area (Å²) in [6.45, 7) is 17.8. The van der Waals surface area contributed by atoms with Crippen molar-refractivity contribution in [1.29, 1.82) is 0 Å². The molecule has 39 heavy (non-hydrogen) atoms. The molecule has 10 atom stereocenters. The van der Waals surface area contributed by atoms with Crippen molar-refractivity contribution in [1.82, 2.24) is 0 Å². The Bertz CT molecular complexity index is 1190. The highest BCUT2D eigenvalue weighted by Crippen LogP contribution is 2.74. The third-order valence-electron chi connectivity index (χ3n) is 15.4. The number of phenolic OH excluding ortho intramolecular Hbond substituents is 2. The van der Waals surface area contributed by atoms with Crippen LogP contribution in [-0.4, -0.2) is 21.9 Å². The normalized spacial score (nSPS) is 51.8. The highest BCUT2D eigenvalue weighted by Gasteiger charge is 2.69. The summed E-state index contributed by atoms with van der Waals surface area (Å²) in [5.41, 5.74) is 3.24. The SMILES string of the molecule is CC1(C)CCC[C@]2(C)OC3CC[C@](C)(C4CC[C@]5(C)C4CC[C@]4(C)c6c(O)ccc(O)c6CC54)[C@]3(C)CCC12. The van der Waals surface area contributed by atoms with E-state index >= 15 is 0 Å². The molecule has 1 aromatic carbocycles. The van der Waals surface area contributed by atoms with Gasteiger partial charge in [-0.1, -0.05) is 48.0 Å². The highest BCUT2D eigenvalue weighted by molar-refractivity contribution is 5.56. The Labute approximate surface area is 237 Å². The fraction of sp³-hybridized carbons (Fsp3) is 0.833. The van der Waals surface area contributed by atoms with Gasteiger partial charge in [-0.2, -0.15) is 0 Å². The molecular formula is C36H54O3. The van der Waals surface area contributed by atoms with Crippen LogP contribution in [0.5, 0.6) is 11.5 Å². The maximum atomic E-state index is 11.0. The molecule has 1 aromatic rings. The summed E-state index contributed by atoms with van der Waals surface area (Å²) < 4.78 is 7.38. The molecule has 3 heteroatoms. The molecule has 1 heterocycles. The van der Waals surface area contributed by atoms with E-state index in [0.717, 1.165) is 29.9 Å². The Hall–Kier alpha value is -1.22. The Morgan fingerprint density at radius 1 is 0.692 bits per heavy atom. The summed E-state index contributed by atoms with van der Waals surface area (Å²) in [5, 5.41) is 21.8. The molecular weight excluding hydrogens is 480 g/mol. The molecule has 7 rings (SSSR count). The van der Waals surface area contributed by atoms with Crippen LogP contribution < -0.4 is 0 Å². The van der Waals surface area contributed by atoms with Crippen molar-refractivity contribution in [2.45, 2.75) is 143 Å². The number of rotatable bonds is 1. The second-order valence-corrected chi connectivity index (χ2v) is 17.2. The predicted molar refractivity (Wildman–Crippen MR) is 157 cm³/mol. The van der Waals surface area contributed by atoms with Crippen LogP contribution in [-0.2, 0) is 16.6 Å². The first-order chi connectivity index (χ1) is 18.2. The van der Waals surface area contributed by atoms with E-state index in [1.165, 1.54) is 64.2 Å². The summed E-state index contributed by atoms with van der Waals surface area (Å²) in [7, 11) is 0. The maximum absolute atomic E-state index is 11.0. The molecule has 0 amide bonds. The van der Waals surface area contributed by atoms with Crippen molar-refractivity contribution in [2.75, 3.05) is 0 Å². The number of benzene rings is 1. The van der Waals surface area contributed by atoms with Gasteiger partial charge in [-0.15, -0.1) is 0 Å². The van der Waals surface area contributed by atoms with Crippen LogP contribution in [0.15, 0.2) is 12.1 Å². The van der Waals surface area contributed by atoms with Crippen molar-refractivity contribution >= 4 is 0 Å². The molecule has 6 aliphatic rings. The predicted octanol–water partition coefficient (Wildman–Crippen LogP) is 8.92. The first-order valence-corrected chi connectivity index (χ1v) is 16.4. The number of ether oxygens (including phenoxy) is 1. The van der Waals surface area contributed by atoms with Gasteiger partial charge >= 0.3 is 0 Å². The summed E-state index contributed by atoms with van der Waals surface area (Å²) in [5.74, 6) is 3.39. The topological polar surface area (TPSA) is 49.7 Å². The van der Waals surface area contributed by atoms with E-state index in [1.54, 1.807) is 12.1 Å². The Kier molecular flexibility index (Phi) is 5.46. The van der Waals surface area contributed by atoms with Gasteiger partial charge in [0.05, 0.1) is 11.7 Å². The third kappa shape index (κ3) is 3.21. The summed E-state index contributed by atoms with van der Waals surface area (Å²) in [4.78, 5) is 0. The van der Waals surface area contributed by atoms with Crippen LogP contribution in [0.1, 0.15) is 130 Å². The van der Waals surface area contributed by atoms with Crippen molar-refractivity contribution in [2.24, 2.45) is 45.3 Å². The molecule has 0 radical (unpaired) electrons. The average Bonchev–Trinajstić information content (AvgIpc) is 3.43. The van der Waals surface area contributed by atoms with E-state index in [0.29, 0.717) is 46.2 Å². The van der Waals surface area contributed by atoms with Crippen molar-refractivity contribution in [3.05, 3.63) is 23.3 Å². The first-order valence-electron chi connectivity index (χ1n) is 16.4. The molecule has 3 nitrogen and oxygen atoms in total. The van der Waals surface area contributed by atoms with E-state index in [2.05, 4.69) is 48.5 Å². The second-order valence-electron chi connectivity index (χ2n) is 17.2. The third-order valence-corrected chi connectivity index (χ3v) is 15.4. The summed E-state index contributed by atoms with van der Waals surface area (Å²) >= 11 is 0. The van der Waals surface area contributed by atoms with Crippen LogP contribution in [0, 0.1) is 45.3 Å². The van der Waals surface area contributed by atoms with Crippen LogP contribution in [0.2, 0.25) is 0 Å². The van der Waals surface area contributed by atoms with Crippen LogP contribution in [0.3, 0.4) is 0 Å². The van der Waals surface area contributed by atoms with E-state index in [9.17, 15) is 10.2 Å². The number of hydrogen-bond acceptors (Lipinski definition) is 3. The Balaban J connectivity index is 1.22. The lowest BCUT2D eigenvalue weighted by atomic mass is 9.48. The van der Waals surface area contributed by atoms with E-state index in [1.807, 2.05) is 0 Å². The van der Waals surface area contributed by atoms with Gasteiger partial charge in [0.2, 0.25) is 0 Å². The molecule has 216 valence electrons. The lowest BCUT2D eigenvalue weighted by molar-refractivity contribution is -0.179. The smallest absolute Gasteiger partial charge is 0.119 e. The van der Waals surface area contributed by atoms with Gasteiger partial charge in [0, 0.05) is 16.5 Å². The summed E-state index contributed by atoms with van der Waals surface area (Å²) in [6, 6.07) is 3.43. The van der Waals surface area contributed by atoms with E-state index in [-0.39, 0.29) is 21.8 Å². The van der Waals surface area contributed by atoms with E-state index in [4.69, 9.17) is 4.74 Å². The number of aromatic hydroxyl groups is 2. The van der Waals surface area contributed by atoms with Crippen molar-refractivity contribution in [3.63, 3.8) is 0 Å². The minimum absolute atomic E-state index is 0.0336. The van der Waals surface area contributed by atoms with Gasteiger partial charge in [-0.05, 0) is 135 Å². The quantitative estimate of drug-likeness (QED) is 0.354. The molecule has 4 saturated carbocycles. The zero-order chi connectivity index (χ0) is 27.8. The maximum Gasteiger partial charge on any atom is 0.119 e. The molecule has 5 fully saturated rings. The molecule has 5 aliphatic carbocycles. The average molecular weight is 535 g/mol. The molecule has 5 unspecified atom stereocenters. The molecule has 0 aromatic heterocycles. The van der Waals surface area contributed by atoms with Gasteiger partial charge < -0.3 is 14.9 Å². The van der Waals surface area contributed by atoms with Gasteiger partial charge in [-0.3, -0.25) is 0 Å². The standard InChI is InChI=1S/C36H54O3/c1-31(2)15-8-16-36(7)27(31)13-19-35(6)29(39-36)14-20-34(35,5)24-12-17-32(3)23(24)11-18-33(4)28(32)21-22-25(37)9-10-26(38)30(22)33/h9-10,23-24,27-29,37-38H,8,11-21H2,1-7H3/t23?,24?,27?,28?,29?,32-,33+,34-,35-,36+/m1/s1. The van der Waals surface area contributed by atoms with E-state index < -0.39 is 0 Å². The highest BCUT2D eigenvalue weighted by atomic mass is 16.5. The molecule has 0 spiro atoms. The molecule has 1 aliphatic heterocycles. The van der Waals surface area contributed by atoms with Crippen molar-refractivity contribution < 1.29 is 14.9 Å². The van der Waals surface area contributed by atoms with Crippen LogP contribution >= 0.6 is 0 Å². The minimum Gasteiger partial charge on any atom is -0.508 e. The van der Waals surface area contributed by atoms with Gasteiger partial charge in [0.25, 0.3) is 0 Å². The van der Waals surface area contributed by atoms with Crippen molar-refractivity contribution in [3.8, 4) is 11.5 Å². The zero-order valence-corrected chi connectivity index (χ0v) is 25.8. The number of hydrogen-bond donors (Lipinski definition) is 2. The molecule has 2 N–H and O–H groups in total. The van der Waals surface area contributed by atoms with Gasteiger partial charge in [-0.25, -0.2) is 0 Å². The first kappa shape index (κ1) is 26.7. The lowest BCUT2D eigenvalue weighted by Gasteiger charge is -2.56. The molecule has 0 bridgehead atoms. The Morgan fingerprint density at radius 3 is 2.15 bits per heavy atom. The Morgan fingerprint density at radius 2 is 1.38 bits per heavy atom. The number of phenols is 2. The van der Waals surface area contributed by atoms with Crippen LogP contribution in [0.25, 0.3) is 0 Å².